The highest BCUT2D eigenvalue weighted by Gasteiger charge is 2.10. The molecule has 2 rings (SSSR count). The van der Waals surface area contributed by atoms with E-state index in [1.54, 1.807) is 6.07 Å². The summed E-state index contributed by atoms with van der Waals surface area (Å²) in [5.74, 6) is 0.836. The first-order valence-corrected chi connectivity index (χ1v) is 8.12. The zero-order valence-electron chi connectivity index (χ0n) is 13.7. The van der Waals surface area contributed by atoms with Gasteiger partial charge in [0, 0.05) is 24.4 Å². The van der Waals surface area contributed by atoms with Crippen LogP contribution in [-0.4, -0.2) is 29.2 Å². The minimum absolute atomic E-state index is 0.0674. The van der Waals surface area contributed by atoms with E-state index in [9.17, 15) is 9.59 Å². The highest BCUT2D eigenvalue weighted by Crippen LogP contribution is 2.16. The molecule has 1 aromatic carbocycles. The fourth-order valence-electron chi connectivity index (χ4n) is 2.49. The van der Waals surface area contributed by atoms with Gasteiger partial charge in [-0.1, -0.05) is 38.5 Å². The summed E-state index contributed by atoms with van der Waals surface area (Å²) in [6.07, 6.45) is 2.72. The van der Waals surface area contributed by atoms with Gasteiger partial charge in [0.25, 0.3) is 5.56 Å². The number of benzene rings is 1. The Morgan fingerprint density at radius 1 is 1.26 bits per heavy atom. The van der Waals surface area contributed by atoms with Gasteiger partial charge in [-0.15, -0.1) is 0 Å². The Labute approximate surface area is 135 Å². The third kappa shape index (κ3) is 4.55. The normalized spacial score (nSPS) is 12.1. The largest absolute Gasteiger partial charge is 0.368 e. The van der Waals surface area contributed by atoms with E-state index in [0.717, 1.165) is 24.6 Å². The quantitative estimate of drug-likeness (QED) is 0.652. The Hall–Kier alpha value is -2.37. The molecule has 1 unspecified atom stereocenters. The third-order valence-corrected chi connectivity index (χ3v) is 3.81. The molecule has 0 spiro atoms. The summed E-state index contributed by atoms with van der Waals surface area (Å²) in [5, 5.41) is 14.1. The van der Waals surface area contributed by atoms with Gasteiger partial charge in [-0.2, -0.15) is 5.10 Å². The topological polar surface area (TPSA) is 86.9 Å². The van der Waals surface area contributed by atoms with E-state index in [1.165, 1.54) is 0 Å². The molecule has 0 aliphatic carbocycles. The van der Waals surface area contributed by atoms with Gasteiger partial charge in [0.1, 0.15) is 0 Å². The molecule has 6 nitrogen and oxygen atoms in total. The van der Waals surface area contributed by atoms with E-state index in [0.29, 0.717) is 24.3 Å². The molecule has 1 heterocycles. The highest BCUT2D eigenvalue weighted by atomic mass is 16.1. The van der Waals surface area contributed by atoms with Gasteiger partial charge in [-0.25, -0.2) is 5.10 Å². The van der Waals surface area contributed by atoms with Crippen LogP contribution in [0.3, 0.4) is 0 Å². The summed E-state index contributed by atoms with van der Waals surface area (Å²) in [6.45, 7) is 5.33. The van der Waals surface area contributed by atoms with E-state index >= 15 is 0 Å². The number of anilines is 1. The maximum absolute atomic E-state index is 11.8. The van der Waals surface area contributed by atoms with Gasteiger partial charge in [0.2, 0.25) is 5.91 Å². The second-order valence-electron chi connectivity index (χ2n) is 5.71. The second-order valence-corrected chi connectivity index (χ2v) is 5.71. The molecule has 23 heavy (non-hydrogen) atoms. The van der Waals surface area contributed by atoms with Crippen LogP contribution in [0.25, 0.3) is 10.8 Å². The predicted octanol–water partition coefficient (Wildman–Crippen LogP) is 2.28. The lowest BCUT2D eigenvalue weighted by molar-refractivity contribution is -0.124. The number of nitrogens with zero attached hydrogens (tertiary/aromatic N) is 1. The standard InChI is InChI=1S/C17H24N4O2/c1-3-7-12(2)16(22)19-11-6-10-18-15-13-8-4-5-9-14(13)17(23)21-20-15/h4-5,8-9,12H,3,6-7,10-11H2,1-2H3,(H,18,20)(H,19,22)(H,21,23). The van der Waals surface area contributed by atoms with E-state index in [4.69, 9.17) is 0 Å². The number of rotatable bonds is 8. The van der Waals surface area contributed by atoms with Crippen LogP contribution in [0.1, 0.15) is 33.1 Å². The van der Waals surface area contributed by atoms with E-state index in [2.05, 4.69) is 27.8 Å². The molecule has 0 bridgehead atoms. The van der Waals surface area contributed by atoms with Crippen molar-refractivity contribution in [2.24, 2.45) is 5.92 Å². The molecular weight excluding hydrogens is 292 g/mol. The Morgan fingerprint density at radius 3 is 2.74 bits per heavy atom. The van der Waals surface area contributed by atoms with Crippen molar-refractivity contribution in [2.75, 3.05) is 18.4 Å². The van der Waals surface area contributed by atoms with Crippen molar-refractivity contribution in [3.8, 4) is 0 Å². The van der Waals surface area contributed by atoms with Crippen molar-refractivity contribution in [3.05, 3.63) is 34.6 Å². The van der Waals surface area contributed by atoms with Crippen molar-refractivity contribution in [1.82, 2.24) is 15.5 Å². The molecule has 3 N–H and O–H groups in total. The molecule has 124 valence electrons. The molecule has 0 aliphatic rings. The van der Waals surface area contributed by atoms with Crippen LogP contribution in [0.15, 0.2) is 29.1 Å². The average Bonchev–Trinajstić information content (AvgIpc) is 2.56. The number of aromatic nitrogens is 2. The minimum atomic E-state index is -0.191. The first kappa shape index (κ1) is 17.0. The Morgan fingerprint density at radius 2 is 2.00 bits per heavy atom. The Kier molecular flexibility index (Phi) is 6.14. The molecular formula is C17H24N4O2. The van der Waals surface area contributed by atoms with Crippen LogP contribution in [0.2, 0.25) is 0 Å². The van der Waals surface area contributed by atoms with Crippen LogP contribution in [-0.2, 0) is 4.79 Å². The number of amides is 1. The molecule has 1 amide bonds. The summed E-state index contributed by atoms with van der Waals surface area (Å²) >= 11 is 0. The number of nitrogens with one attached hydrogen (secondary N) is 3. The summed E-state index contributed by atoms with van der Waals surface area (Å²) in [6, 6.07) is 7.35. The molecule has 0 fully saturated rings. The lowest BCUT2D eigenvalue weighted by Gasteiger charge is -2.11. The number of H-pyrrole nitrogens is 1. The van der Waals surface area contributed by atoms with Crippen LogP contribution >= 0.6 is 0 Å². The van der Waals surface area contributed by atoms with Gasteiger partial charge in [-0.3, -0.25) is 9.59 Å². The van der Waals surface area contributed by atoms with Crippen molar-refractivity contribution in [1.29, 1.82) is 0 Å². The number of aromatic amines is 1. The average molecular weight is 316 g/mol. The maximum atomic E-state index is 11.8. The zero-order valence-corrected chi connectivity index (χ0v) is 13.7. The molecule has 0 saturated heterocycles. The van der Waals surface area contributed by atoms with Gasteiger partial charge in [0.05, 0.1) is 5.39 Å². The second kappa shape index (κ2) is 8.31. The fourth-order valence-corrected chi connectivity index (χ4v) is 2.49. The lowest BCUT2D eigenvalue weighted by atomic mass is 10.1. The van der Waals surface area contributed by atoms with Gasteiger partial charge >= 0.3 is 0 Å². The third-order valence-electron chi connectivity index (χ3n) is 3.81. The highest BCUT2D eigenvalue weighted by molar-refractivity contribution is 5.90. The molecule has 1 aromatic heterocycles. The molecule has 1 atom stereocenters. The number of carbonyl (C=O) groups excluding carboxylic acids is 1. The molecule has 0 radical (unpaired) electrons. The summed E-state index contributed by atoms with van der Waals surface area (Å²) in [4.78, 5) is 23.5. The van der Waals surface area contributed by atoms with Crippen molar-refractivity contribution in [2.45, 2.75) is 33.1 Å². The maximum Gasteiger partial charge on any atom is 0.272 e. The smallest absolute Gasteiger partial charge is 0.272 e. The Bertz CT molecular complexity index is 711. The van der Waals surface area contributed by atoms with E-state index in [-0.39, 0.29) is 17.4 Å². The van der Waals surface area contributed by atoms with Crippen molar-refractivity contribution >= 4 is 22.5 Å². The minimum Gasteiger partial charge on any atom is -0.368 e. The molecule has 0 aliphatic heterocycles. The van der Waals surface area contributed by atoms with Crippen LogP contribution in [0.4, 0.5) is 5.82 Å². The summed E-state index contributed by atoms with van der Waals surface area (Å²) < 4.78 is 0. The van der Waals surface area contributed by atoms with Gasteiger partial charge in [-0.05, 0) is 18.9 Å². The Balaban J connectivity index is 1.83. The van der Waals surface area contributed by atoms with E-state index < -0.39 is 0 Å². The zero-order chi connectivity index (χ0) is 16.7. The first-order chi connectivity index (χ1) is 11.1. The fraction of sp³-hybridized carbons (Fsp3) is 0.471. The van der Waals surface area contributed by atoms with E-state index in [1.807, 2.05) is 25.1 Å². The number of hydrogen-bond donors (Lipinski definition) is 3. The first-order valence-electron chi connectivity index (χ1n) is 8.12. The van der Waals surface area contributed by atoms with Crippen molar-refractivity contribution in [3.63, 3.8) is 0 Å². The predicted molar refractivity (Wildman–Crippen MR) is 92.6 cm³/mol. The molecule has 2 aromatic rings. The van der Waals surface area contributed by atoms with Crippen LogP contribution < -0.4 is 16.2 Å². The van der Waals surface area contributed by atoms with Crippen LogP contribution in [0.5, 0.6) is 0 Å². The van der Waals surface area contributed by atoms with Gasteiger partial charge < -0.3 is 10.6 Å². The molecule has 6 heteroatoms. The number of hydrogen-bond acceptors (Lipinski definition) is 4. The van der Waals surface area contributed by atoms with Crippen molar-refractivity contribution < 1.29 is 4.79 Å². The summed E-state index contributed by atoms with van der Waals surface area (Å²) in [5.41, 5.74) is -0.191. The van der Waals surface area contributed by atoms with Crippen LogP contribution in [0, 0.1) is 5.92 Å². The monoisotopic (exact) mass is 316 g/mol. The molecule has 0 saturated carbocycles. The number of fused-ring (bicyclic) bond motifs is 1. The SMILES string of the molecule is CCCC(C)C(=O)NCCCNc1n[nH]c(=O)c2ccccc12. The number of carbonyl (C=O) groups is 1. The lowest BCUT2D eigenvalue weighted by Crippen LogP contribution is -2.30. The summed E-state index contributed by atoms with van der Waals surface area (Å²) in [7, 11) is 0. The van der Waals surface area contributed by atoms with Gasteiger partial charge in [0.15, 0.2) is 5.82 Å².